The Morgan fingerprint density at radius 1 is 1.50 bits per heavy atom. The van der Waals surface area contributed by atoms with Crippen molar-refractivity contribution in [2.24, 2.45) is 0 Å². The third kappa shape index (κ3) is 5.38. The Labute approximate surface area is 128 Å². The summed E-state index contributed by atoms with van der Waals surface area (Å²) in [7, 11) is 0. The van der Waals surface area contributed by atoms with Crippen molar-refractivity contribution in [3.8, 4) is 0 Å². The van der Waals surface area contributed by atoms with E-state index in [2.05, 4.69) is 26.6 Å². The Morgan fingerprint density at radius 2 is 2.20 bits per heavy atom. The van der Waals surface area contributed by atoms with E-state index in [0.717, 1.165) is 0 Å². The normalized spacial score (nSPS) is 11.8. The lowest BCUT2D eigenvalue weighted by Gasteiger charge is -2.15. The molecule has 0 aliphatic heterocycles. The van der Waals surface area contributed by atoms with E-state index in [9.17, 15) is 14.0 Å². The first-order valence-corrected chi connectivity index (χ1v) is 7.87. The quantitative estimate of drug-likeness (QED) is 0.724. The van der Waals surface area contributed by atoms with Gasteiger partial charge in [-0.25, -0.2) is 14.0 Å². The molecular formula is C12H14BrFN2O3S. The van der Waals surface area contributed by atoms with E-state index in [1.54, 1.807) is 0 Å². The first-order chi connectivity index (χ1) is 9.43. The minimum atomic E-state index is -1.12. The second-order valence-corrected chi connectivity index (χ2v) is 5.80. The Balaban J connectivity index is 2.65. The zero-order valence-corrected chi connectivity index (χ0v) is 13.1. The summed E-state index contributed by atoms with van der Waals surface area (Å²) in [6, 6.07) is 2.33. The van der Waals surface area contributed by atoms with E-state index < -0.39 is 23.9 Å². The molecule has 3 N–H and O–H groups in total. The van der Waals surface area contributed by atoms with Gasteiger partial charge in [-0.2, -0.15) is 11.8 Å². The number of halogens is 2. The number of thioether (sulfide) groups is 1. The molecule has 5 nitrogen and oxygen atoms in total. The molecule has 0 saturated heterocycles. The Bertz CT molecular complexity index is 502. The molecule has 0 unspecified atom stereocenters. The van der Waals surface area contributed by atoms with Crippen LogP contribution in [0.5, 0.6) is 0 Å². The van der Waals surface area contributed by atoms with Crippen LogP contribution in [0, 0.1) is 5.82 Å². The average Bonchev–Trinajstić information content (AvgIpc) is 2.38. The van der Waals surface area contributed by atoms with E-state index in [-0.39, 0.29) is 5.69 Å². The minimum absolute atomic E-state index is 0.0223. The molecule has 0 fully saturated rings. The van der Waals surface area contributed by atoms with Gasteiger partial charge in [0.15, 0.2) is 0 Å². The maximum Gasteiger partial charge on any atom is 0.326 e. The third-order valence-corrected chi connectivity index (χ3v) is 3.53. The lowest BCUT2D eigenvalue weighted by atomic mass is 10.2. The van der Waals surface area contributed by atoms with Crippen molar-refractivity contribution in [1.29, 1.82) is 0 Å². The van der Waals surface area contributed by atoms with E-state index in [1.807, 2.05) is 6.26 Å². The SMILES string of the molecule is CSCC[C@@H](NC(=O)Nc1cc(Br)ccc1F)C(=O)O. The number of carbonyl (C=O) groups is 2. The summed E-state index contributed by atoms with van der Waals surface area (Å²) in [5.74, 6) is -1.12. The minimum Gasteiger partial charge on any atom is -0.480 e. The second kappa shape index (κ2) is 8.11. The van der Waals surface area contributed by atoms with Crippen molar-refractivity contribution in [1.82, 2.24) is 5.32 Å². The Hall–Kier alpha value is -1.28. The van der Waals surface area contributed by atoms with Crippen LogP contribution in [0.15, 0.2) is 22.7 Å². The van der Waals surface area contributed by atoms with E-state index >= 15 is 0 Å². The molecule has 0 bridgehead atoms. The zero-order valence-electron chi connectivity index (χ0n) is 10.7. The number of benzene rings is 1. The molecule has 0 heterocycles. The van der Waals surface area contributed by atoms with E-state index in [0.29, 0.717) is 16.6 Å². The number of aliphatic carboxylic acids is 1. The van der Waals surface area contributed by atoms with Gasteiger partial charge < -0.3 is 15.7 Å². The van der Waals surface area contributed by atoms with E-state index in [4.69, 9.17) is 5.11 Å². The van der Waals surface area contributed by atoms with Crippen molar-refractivity contribution in [2.75, 3.05) is 17.3 Å². The number of hydrogen-bond donors (Lipinski definition) is 3. The molecule has 2 amide bonds. The van der Waals surface area contributed by atoms with Gasteiger partial charge in [-0.05, 0) is 36.6 Å². The highest BCUT2D eigenvalue weighted by atomic mass is 79.9. The summed E-state index contributed by atoms with van der Waals surface area (Å²) >= 11 is 4.64. The van der Waals surface area contributed by atoms with Crippen LogP contribution in [0.2, 0.25) is 0 Å². The van der Waals surface area contributed by atoms with Crippen LogP contribution < -0.4 is 10.6 Å². The van der Waals surface area contributed by atoms with Crippen molar-refractivity contribution in [3.05, 3.63) is 28.5 Å². The zero-order chi connectivity index (χ0) is 15.1. The summed E-state index contributed by atoms with van der Waals surface area (Å²) in [6.45, 7) is 0. The number of amides is 2. The molecule has 0 aromatic heterocycles. The maximum atomic E-state index is 13.4. The molecule has 0 saturated carbocycles. The number of nitrogens with one attached hydrogen (secondary N) is 2. The van der Waals surface area contributed by atoms with Gasteiger partial charge in [0, 0.05) is 4.47 Å². The number of rotatable bonds is 6. The van der Waals surface area contributed by atoms with Gasteiger partial charge in [-0.1, -0.05) is 15.9 Å². The van der Waals surface area contributed by atoms with Crippen molar-refractivity contribution >= 4 is 45.4 Å². The molecule has 110 valence electrons. The van der Waals surface area contributed by atoms with Crippen molar-refractivity contribution in [2.45, 2.75) is 12.5 Å². The molecule has 1 aromatic carbocycles. The van der Waals surface area contributed by atoms with Crippen LogP contribution in [0.4, 0.5) is 14.9 Å². The van der Waals surface area contributed by atoms with Gasteiger partial charge >= 0.3 is 12.0 Å². The smallest absolute Gasteiger partial charge is 0.326 e. The predicted molar refractivity (Wildman–Crippen MR) is 80.7 cm³/mol. The van der Waals surface area contributed by atoms with Gasteiger partial charge in [-0.3, -0.25) is 0 Å². The number of carbonyl (C=O) groups excluding carboxylic acids is 1. The number of urea groups is 1. The van der Waals surface area contributed by atoms with E-state index in [1.165, 1.54) is 30.0 Å². The maximum absolute atomic E-state index is 13.4. The topological polar surface area (TPSA) is 78.4 Å². The Morgan fingerprint density at radius 3 is 2.80 bits per heavy atom. The highest BCUT2D eigenvalue weighted by Gasteiger charge is 2.19. The summed E-state index contributed by atoms with van der Waals surface area (Å²) < 4.78 is 14.0. The largest absolute Gasteiger partial charge is 0.480 e. The Kier molecular flexibility index (Phi) is 6.80. The lowest BCUT2D eigenvalue weighted by molar-refractivity contribution is -0.139. The molecule has 0 aliphatic rings. The standard InChI is InChI=1S/C12H14BrFN2O3S/c1-20-5-4-9(11(17)18)15-12(19)16-10-6-7(13)2-3-8(10)14/h2-3,6,9H,4-5H2,1H3,(H,17,18)(H2,15,16,19)/t9-/m1/s1. The van der Waals surface area contributed by atoms with Gasteiger partial charge in [-0.15, -0.1) is 0 Å². The molecular weight excluding hydrogens is 351 g/mol. The molecule has 20 heavy (non-hydrogen) atoms. The fourth-order valence-corrected chi connectivity index (χ4v) is 2.24. The second-order valence-electron chi connectivity index (χ2n) is 3.89. The van der Waals surface area contributed by atoms with Crippen LogP contribution in [-0.2, 0) is 4.79 Å². The first kappa shape index (κ1) is 16.8. The van der Waals surface area contributed by atoms with Crippen LogP contribution in [0.1, 0.15) is 6.42 Å². The third-order valence-electron chi connectivity index (χ3n) is 2.39. The molecule has 1 atom stereocenters. The van der Waals surface area contributed by atoms with Gasteiger partial charge in [0.05, 0.1) is 5.69 Å². The summed E-state index contributed by atoms with van der Waals surface area (Å²) in [4.78, 5) is 22.7. The number of hydrogen-bond acceptors (Lipinski definition) is 3. The lowest BCUT2D eigenvalue weighted by Crippen LogP contribution is -2.43. The molecule has 8 heteroatoms. The average molecular weight is 365 g/mol. The van der Waals surface area contributed by atoms with Crippen LogP contribution in [0.3, 0.4) is 0 Å². The van der Waals surface area contributed by atoms with Crippen molar-refractivity contribution in [3.63, 3.8) is 0 Å². The van der Waals surface area contributed by atoms with Gasteiger partial charge in [0.2, 0.25) is 0 Å². The fraction of sp³-hybridized carbons (Fsp3) is 0.333. The molecule has 0 radical (unpaired) electrons. The fourth-order valence-electron chi connectivity index (χ4n) is 1.40. The predicted octanol–water partition coefficient (Wildman–Crippen LogP) is 2.92. The highest BCUT2D eigenvalue weighted by Crippen LogP contribution is 2.19. The molecule has 1 aromatic rings. The van der Waals surface area contributed by atoms with Crippen LogP contribution >= 0.6 is 27.7 Å². The van der Waals surface area contributed by atoms with Gasteiger partial charge in [0.1, 0.15) is 11.9 Å². The number of anilines is 1. The van der Waals surface area contributed by atoms with Crippen LogP contribution in [-0.4, -0.2) is 35.2 Å². The number of carboxylic acids is 1. The number of carboxylic acid groups (broad SMARTS) is 1. The summed E-state index contributed by atoms with van der Waals surface area (Å²) in [5, 5.41) is 13.6. The van der Waals surface area contributed by atoms with Crippen molar-refractivity contribution < 1.29 is 19.1 Å². The molecule has 0 spiro atoms. The van der Waals surface area contributed by atoms with Crippen LogP contribution in [0.25, 0.3) is 0 Å². The summed E-state index contributed by atoms with van der Waals surface area (Å²) in [6.07, 6.45) is 2.14. The van der Waals surface area contributed by atoms with Gasteiger partial charge in [0.25, 0.3) is 0 Å². The monoisotopic (exact) mass is 364 g/mol. The first-order valence-electron chi connectivity index (χ1n) is 5.68. The molecule has 1 rings (SSSR count). The molecule has 0 aliphatic carbocycles. The summed E-state index contributed by atoms with van der Waals surface area (Å²) in [5.41, 5.74) is -0.0223. The highest BCUT2D eigenvalue weighted by molar-refractivity contribution is 9.10.